The van der Waals surface area contributed by atoms with Gasteiger partial charge in [0.2, 0.25) is 0 Å². The normalized spacial score (nSPS) is 18.3. The number of anilines is 3. The van der Waals surface area contributed by atoms with Crippen LogP contribution in [0.25, 0.3) is 0 Å². The molecule has 23 heavy (non-hydrogen) atoms. The molecule has 0 unspecified atom stereocenters. The van der Waals surface area contributed by atoms with Crippen LogP contribution in [0.5, 0.6) is 0 Å². The van der Waals surface area contributed by atoms with E-state index >= 15 is 0 Å². The summed E-state index contributed by atoms with van der Waals surface area (Å²) in [6.45, 7) is 5.92. The van der Waals surface area contributed by atoms with Crippen molar-refractivity contribution in [2.75, 3.05) is 41.7 Å². The van der Waals surface area contributed by atoms with Crippen LogP contribution in [0.2, 0.25) is 0 Å². The molecule has 3 heterocycles. The van der Waals surface area contributed by atoms with Gasteiger partial charge in [-0.05, 0) is 31.9 Å². The summed E-state index contributed by atoms with van der Waals surface area (Å²) in [7, 11) is 0. The van der Waals surface area contributed by atoms with Gasteiger partial charge in [-0.3, -0.25) is 0 Å². The molecule has 0 radical (unpaired) electrons. The Balaban J connectivity index is 1.46. The predicted molar refractivity (Wildman–Crippen MR) is 91.8 cm³/mol. The molecule has 4 rings (SSSR count). The first kappa shape index (κ1) is 14.2. The third-order valence-electron chi connectivity index (χ3n) is 4.54. The van der Waals surface area contributed by atoms with Crippen molar-refractivity contribution < 1.29 is 0 Å². The lowest BCUT2D eigenvalue weighted by atomic mass is 10.2. The maximum atomic E-state index is 5.66. The molecule has 120 valence electrons. The van der Waals surface area contributed by atoms with Crippen LogP contribution in [0.15, 0.2) is 24.4 Å². The van der Waals surface area contributed by atoms with Crippen LogP contribution in [-0.2, 0) is 0 Å². The minimum atomic E-state index is 0.566. The zero-order valence-corrected chi connectivity index (χ0v) is 13.4. The summed E-state index contributed by atoms with van der Waals surface area (Å²) in [6.07, 6.45) is 4.33. The molecule has 0 aromatic carbocycles. The van der Waals surface area contributed by atoms with Gasteiger partial charge in [0.25, 0.3) is 0 Å². The number of hydrogen-bond donors (Lipinski definition) is 1. The summed E-state index contributed by atoms with van der Waals surface area (Å²) in [5.41, 5.74) is 7.87. The lowest BCUT2D eigenvalue weighted by Crippen LogP contribution is -2.47. The number of aryl methyl sites for hydroxylation is 1. The van der Waals surface area contributed by atoms with Gasteiger partial charge < -0.3 is 15.5 Å². The van der Waals surface area contributed by atoms with Crippen molar-refractivity contribution in [3.63, 3.8) is 0 Å². The van der Waals surface area contributed by atoms with Gasteiger partial charge in [0, 0.05) is 43.9 Å². The Morgan fingerprint density at radius 3 is 2.43 bits per heavy atom. The van der Waals surface area contributed by atoms with Gasteiger partial charge in [0.15, 0.2) is 0 Å². The molecule has 2 aliphatic rings. The Morgan fingerprint density at radius 2 is 1.78 bits per heavy atom. The molecule has 2 aromatic heterocycles. The molecule has 0 bridgehead atoms. The van der Waals surface area contributed by atoms with Crippen molar-refractivity contribution in [2.45, 2.75) is 25.7 Å². The van der Waals surface area contributed by atoms with E-state index in [1.807, 2.05) is 18.3 Å². The van der Waals surface area contributed by atoms with Crippen molar-refractivity contribution >= 4 is 17.3 Å². The van der Waals surface area contributed by atoms with Gasteiger partial charge in [-0.15, -0.1) is 0 Å². The van der Waals surface area contributed by atoms with Gasteiger partial charge in [-0.1, -0.05) is 0 Å². The van der Waals surface area contributed by atoms with Crippen molar-refractivity contribution in [1.29, 1.82) is 0 Å². The number of rotatable bonds is 3. The zero-order chi connectivity index (χ0) is 15.8. The molecule has 1 aliphatic carbocycles. The topological polar surface area (TPSA) is 71.2 Å². The van der Waals surface area contributed by atoms with Crippen molar-refractivity contribution in [1.82, 2.24) is 15.0 Å². The van der Waals surface area contributed by atoms with Crippen molar-refractivity contribution in [3.8, 4) is 0 Å². The highest BCUT2D eigenvalue weighted by atomic mass is 15.3. The van der Waals surface area contributed by atoms with E-state index in [1.165, 1.54) is 12.8 Å². The number of aromatic nitrogens is 3. The van der Waals surface area contributed by atoms with Crippen LogP contribution in [0.3, 0.4) is 0 Å². The van der Waals surface area contributed by atoms with E-state index in [4.69, 9.17) is 10.7 Å². The van der Waals surface area contributed by atoms with Crippen LogP contribution in [0.4, 0.5) is 17.3 Å². The molecule has 0 amide bonds. The summed E-state index contributed by atoms with van der Waals surface area (Å²) < 4.78 is 0. The summed E-state index contributed by atoms with van der Waals surface area (Å²) >= 11 is 0. The molecular formula is C17H22N6. The lowest BCUT2D eigenvalue weighted by Gasteiger charge is -2.36. The zero-order valence-electron chi connectivity index (χ0n) is 13.4. The van der Waals surface area contributed by atoms with E-state index in [2.05, 4.69) is 32.8 Å². The second-order valence-electron chi connectivity index (χ2n) is 6.42. The standard InChI is InChI=1S/C17H22N6/c1-12-10-16(21-17(20-12)13-2-3-13)23-8-6-22(7-9-23)14-4-5-15(18)19-11-14/h4-5,10-11,13H,2-3,6-9H2,1H3,(H2,18,19). The van der Waals surface area contributed by atoms with Crippen LogP contribution < -0.4 is 15.5 Å². The Kier molecular flexibility index (Phi) is 3.52. The van der Waals surface area contributed by atoms with Gasteiger partial charge >= 0.3 is 0 Å². The average Bonchev–Trinajstić information content (AvgIpc) is 3.40. The molecule has 2 fully saturated rings. The summed E-state index contributed by atoms with van der Waals surface area (Å²) in [4.78, 5) is 18.3. The maximum Gasteiger partial charge on any atom is 0.134 e. The second-order valence-corrected chi connectivity index (χ2v) is 6.42. The molecule has 1 saturated heterocycles. The Morgan fingerprint density at radius 1 is 1.04 bits per heavy atom. The number of nitrogens with zero attached hydrogens (tertiary/aromatic N) is 5. The first-order valence-corrected chi connectivity index (χ1v) is 8.26. The third kappa shape index (κ3) is 3.06. The SMILES string of the molecule is Cc1cc(N2CCN(c3ccc(N)nc3)CC2)nc(C2CC2)n1. The molecule has 0 spiro atoms. The van der Waals surface area contributed by atoms with Crippen LogP contribution in [0.1, 0.15) is 30.3 Å². The fourth-order valence-corrected chi connectivity index (χ4v) is 3.04. The van der Waals surface area contributed by atoms with Crippen molar-refractivity contribution in [2.24, 2.45) is 0 Å². The van der Waals surface area contributed by atoms with Crippen LogP contribution in [-0.4, -0.2) is 41.1 Å². The first-order chi connectivity index (χ1) is 11.2. The molecule has 1 saturated carbocycles. The average molecular weight is 310 g/mol. The molecule has 1 aliphatic heterocycles. The highest BCUT2D eigenvalue weighted by molar-refractivity contribution is 5.50. The minimum Gasteiger partial charge on any atom is -0.384 e. The number of pyridine rings is 1. The van der Waals surface area contributed by atoms with E-state index in [9.17, 15) is 0 Å². The molecule has 0 atom stereocenters. The van der Waals surface area contributed by atoms with Crippen LogP contribution >= 0.6 is 0 Å². The second kappa shape index (κ2) is 5.68. The van der Waals surface area contributed by atoms with Crippen LogP contribution in [0, 0.1) is 6.92 Å². The molecule has 2 aromatic rings. The molecule has 6 nitrogen and oxygen atoms in total. The predicted octanol–water partition coefficient (Wildman–Crippen LogP) is 1.97. The lowest BCUT2D eigenvalue weighted by molar-refractivity contribution is 0.643. The Bertz CT molecular complexity index is 687. The molecule has 6 heteroatoms. The fourth-order valence-electron chi connectivity index (χ4n) is 3.04. The van der Waals surface area contributed by atoms with Crippen molar-refractivity contribution in [3.05, 3.63) is 35.9 Å². The first-order valence-electron chi connectivity index (χ1n) is 8.26. The number of hydrogen-bond acceptors (Lipinski definition) is 6. The van der Waals surface area contributed by atoms with Gasteiger partial charge in [-0.2, -0.15) is 0 Å². The number of nitrogens with two attached hydrogens (primary N) is 1. The largest absolute Gasteiger partial charge is 0.384 e. The monoisotopic (exact) mass is 310 g/mol. The quantitative estimate of drug-likeness (QED) is 0.934. The highest BCUT2D eigenvalue weighted by Crippen LogP contribution is 2.38. The third-order valence-corrected chi connectivity index (χ3v) is 4.54. The molecular weight excluding hydrogens is 288 g/mol. The highest BCUT2D eigenvalue weighted by Gasteiger charge is 2.28. The Labute approximate surface area is 136 Å². The minimum absolute atomic E-state index is 0.566. The fraction of sp³-hybridized carbons (Fsp3) is 0.471. The van der Waals surface area contributed by atoms with E-state index in [-0.39, 0.29) is 0 Å². The summed E-state index contributed by atoms with van der Waals surface area (Å²) in [5, 5.41) is 0. The van der Waals surface area contributed by atoms with E-state index < -0.39 is 0 Å². The Hall–Kier alpha value is -2.37. The maximum absolute atomic E-state index is 5.66. The van der Waals surface area contributed by atoms with E-state index in [0.717, 1.165) is 49.2 Å². The van der Waals surface area contributed by atoms with Gasteiger partial charge in [0.1, 0.15) is 17.5 Å². The number of nitrogen functional groups attached to an aromatic ring is 1. The summed E-state index contributed by atoms with van der Waals surface area (Å²) in [6, 6.07) is 6.00. The smallest absolute Gasteiger partial charge is 0.134 e. The molecule has 2 N–H and O–H groups in total. The van der Waals surface area contributed by atoms with Gasteiger partial charge in [0.05, 0.1) is 11.9 Å². The van der Waals surface area contributed by atoms with E-state index in [0.29, 0.717) is 11.7 Å². The van der Waals surface area contributed by atoms with E-state index in [1.54, 1.807) is 0 Å². The number of piperazine rings is 1. The van der Waals surface area contributed by atoms with Gasteiger partial charge in [-0.25, -0.2) is 15.0 Å². The summed E-state index contributed by atoms with van der Waals surface area (Å²) in [5.74, 6) is 3.27.